The third-order valence-electron chi connectivity index (χ3n) is 4.03. The lowest BCUT2D eigenvalue weighted by Gasteiger charge is -2.31. The quantitative estimate of drug-likeness (QED) is 0.866. The Hall–Kier alpha value is -1.92. The Kier molecular flexibility index (Phi) is 5.51. The molecule has 2 heterocycles. The molecule has 1 aromatic heterocycles. The van der Waals surface area contributed by atoms with Crippen molar-refractivity contribution >= 4 is 11.8 Å². The molecule has 1 aliphatic rings. The summed E-state index contributed by atoms with van der Waals surface area (Å²) < 4.78 is 1.80. The van der Waals surface area contributed by atoms with Crippen LogP contribution in [0.3, 0.4) is 0 Å². The summed E-state index contributed by atoms with van der Waals surface area (Å²) in [5.41, 5.74) is 0. The summed E-state index contributed by atoms with van der Waals surface area (Å²) in [6.07, 6.45) is 2.24. The maximum Gasteiger partial charge on any atom is 0.224 e. The van der Waals surface area contributed by atoms with E-state index in [2.05, 4.69) is 15.4 Å². The van der Waals surface area contributed by atoms with Crippen LogP contribution >= 0.6 is 0 Å². The van der Waals surface area contributed by atoms with Crippen molar-refractivity contribution in [3.63, 3.8) is 0 Å². The zero-order valence-electron chi connectivity index (χ0n) is 13.6. The van der Waals surface area contributed by atoms with Gasteiger partial charge in [0, 0.05) is 26.1 Å². The molecule has 0 spiro atoms. The fourth-order valence-electron chi connectivity index (χ4n) is 2.84. The van der Waals surface area contributed by atoms with Crippen molar-refractivity contribution in [2.45, 2.75) is 46.6 Å². The standard InChI is InChI=1S/C15H25N5O2/c1-4-14(21)19-8-5-6-13(10-19)15(22)16-7-9-20-12(3)17-11(2)18-20/h13H,4-10H2,1-3H3,(H,16,22)/t13-/m1/s1. The minimum absolute atomic E-state index is 0.0306. The minimum Gasteiger partial charge on any atom is -0.354 e. The third kappa shape index (κ3) is 4.05. The highest BCUT2D eigenvalue weighted by Crippen LogP contribution is 2.17. The van der Waals surface area contributed by atoms with Crippen LogP contribution in [0.25, 0.3) is 0 Å². The molecular formula is C15H25N5O2. The number of aromatic nitrogens is 3. The summed E-state index contributed by atoms with van der Waals surface area (Å²) in [5, 5.41) is 7.22. The number of nitrogens with one attached hydrogen (secondary N) is 1. The molecule has 0 unspecified atom stereocenters. The number of rotatable bonds is 5. The van der Waals surface area contributed by atoms with Gasteiger partial charge in [-0.3, -0.25) is 9.59 Å². The van der Waals surface area contributed by atoms with Crippen LogP contribution in [0.4, 0.5) is 0 Å². The van der Waals surface area contributed by atoms with E-state index in [0.29, 0.717) is 26.1 Å². The van der Waals surface area contributed by atoms with E-state index in [9.17, 15) is 9.59 Å². The highest BCUT2D eigenvalue weighted by molar-refractivity contribution is 5.81. The summed E-state index contributed by atoms with van der Waals surface area (Å²) in [6.45, 7) is 8.06. The Morgan fingerprint density at radius 2 is 2.14 bits per heavy atom. The molecule has 22 heavy (non-hydrogen) atoms. The lowest BCUT2D eigenvalue weighted by Crippen LogP contribution is -2.45. The SMILES string of the molecule is CCC(=O)N1CCC[C@@H](C(=O)NCCn2nc(C)nc2C)C1. The van der Waals surface area contributed by atoms with E-state index in [1.807, 2.05) is 20.8 Å². The van der Waals surface area contributed by atoms with E-state index in [1.165, 1.54) is 0 Å². The molecule has 1 atom stereocenters. The van der Waals surface area contributed by atoms with Crippen LogP contribution in [0.5, 0.6) is 0 Å². The topological polar surface area (TPSA) is 80.1 Å². The minimum atomic E-state index is -0.0946. The van der Waals surface area contributed by atoms with Gasteiger partial charge in [0.05, 0.1) is 12.5 Å². The fraction of sp³-hybridized carbons (Fsp3) is 0.733. The van der Waals surface area contributed by atoms with Gasteiger partial charge in [0.1, 0.15) is 11.6 Å². The lowest BCUT2D eigenvalue weighted by atomic mass is 9.97. The van der Waals surface area contributed by atoms with E-state index in [4.69, 9.17) is 0 Å². The third-order valence-corrected chi connectivity index (χ3v) is 4.03. The molecule has 7 heteroatoms. The van der Waals surface area contributed by atoms with Crippen LogP contribution in [-0.2, 0) is 16.1 Å². The van der Waals surface area contributed by atoms with Gasteiger partial charge in [-0.2, -0.15) is 5.10 Å². The number of carbonyl (C=O) groups is 2. The second-order valence-corrected chi connectivity index (χ2v) is 5.75. The maximum absolute atomic E-state index is 12.2. The molecule has 1 aliphatic heterocycles. The first-order chi connectivity index (χ1) is 10.5. The zero-order valence-corrected chi connectivity index (χ0v) is 13.6. The molecule has 0 radical (unpaired) electrons. The molecule has 0 bridgehead atoms. The van der Waals surface area contributed by atoms with Crippen molar-refractivity contribution in [2.75, 3.05) is 19.6 Å². The maximum atomic E-state index is 12.2. The summed E-state index contributed by atoms with van der Waals surface area (Å²) >= 11 is 0. The highest BCUT2D eigenvalue weighted by Gasteiger charge is 2.27. The molecule has 1 fully saturated rings. The number of amides is 2. The average molecular weight is 307 g/mol. The molecule has 2 rings (SSSR count). The first kappa shape index (κ1) is 16.5. The molecule has 2 amide bonds. The molecular weight excluding hydrogens is 282 g/mol. The molecule has 122 valence electrons. The number of aryl methyl sites for hydroxylation is 2. The van der Waals surface area contributed by atoms with Crippen molar-refractivity contribution in [1.82, 2.24) is 25.0 Å². The monoisotopic (exact) mass is 307 g/mol. The second-order valence-electron chi connectivity index (χ2n) is 5.75. The Labute approximate surface area is 131 Å². The number of piperidine rings is 1. The van der Waals surface area contributed by atoms with Crippen LogP contribution in [0.15, 0.2) is 0 Å². The average Bonchev–Trinajstić information content (AvgIpc) is 2.84. The molecule has 0 aliphatic carbocycles. The van der Waals surface area contributed by atoms with Crippen molar-refractivity contribution in [2.24, 2.45) is 5.92 Å². The van der Waals surface area contributed by atoms with Crippen molar-refractivity contribution in [1.29, 1.82) is 0 Å². The van der Waals surface area contributed by atoms with Crippen molar-refractivity contribution < 1.29 is 9.59 Å². The van der Waals surface area contributed by atoms with Crippen molar-refractivity contribution in [3.05, 3.63) is 11.6 Å². The lowest BCUT2D eigenvalue weighted by molar-refractivity contribution is -0.135. The molecule has 1 saturated heterocycles. The number of hydrogen-bond donors (Lipinski definition) is 1. The largest absolute Gasteiger partial charge is 0.354 e. The normalized spacial score (nSPS) is 18.3. The summed E-state index contributed by atoms with van der Waals surface area (Å²) in [4.78, 5) is 30.0. The van der Waals surface area contributed by atoms with E-state index in [1.54, 1.807) is 9.58 Å². The van der Waals surface area contributed by atoms with Gasteiger partial charge in [-0.1, -0.05) is 6.92 Å². The van der Waals surface area contributed by atoms with Crippen LogP contribution in [0.1, 0.15) is 37.8 Å². The fourth-order valence-corrected chi connectivity index (χ4v) is 2.84. The zero-order chi connectivity index (χ0) is 16.1. The van der Waals surface area contributed by atoms with Crippen LogP contribution in [0, 0.1) is 19.8 Å². The molecule has 1 aromatic rings. The molecule has 7 nitrogen and oxygen atoms in total. The Bertz CT molecular complexity index is 540. The van der Waals surface area contributed by atoms with Crippen LogP contribution < -0.4 is 5.32 Å². The van der Waals surface area contributed by atoms with Gasteiger partial charge in [-0.15, -0.1) is 0 Å². The summed E-state index contributed by atoms with van der Waals surface area (Å²) in [7, 11) is 0. The van der Waals surface area contributed by atoms with E-state index in [-0.39, 0.29) is 17.7 Å². The number of hydrogen-bond acceptors (Lipinski definition) is 4. The van der Waals surface area contributed by atoms with Gasteiger partial charge in [-0.25, -0.2) is 9.67 Å². The first-order valence-electron chi connectivity index (χ1n) is 7.94. The second kappa shape index (κ2) is 7.38. The number of likely N-dealkylation sites (tertiary alicyclic amines) is 1. The molecule has 1 N–H and O–H groups in total. The van der Waals surface area contributed by atoms with E-state index >= 15 is 0 Å². The van der Waals surface area contributed by atoms with Crippen LogP contribution in [0.2, 0.25) is 0 Å². The van der Waals surface area contributed by atoms with Gasteiger partial charge in [0.15, 0.2) is 0 Å². The predicted molar refractivity (Wildman–Crippen MR) is 82.1 cm³/mol. The van der Waals surface area contributed by atoms with Crippen molar-refractivity contribution in [3.8, 4) is 0 Å². The number of nitrogens with zero attached hydrogens (tertiary/aromatic N) is 4. The van der Waals surface area contributed by atoms with E-state index < -0.39 is 0 Å². The van der Waals surface area contributed by atoms with Crippen LogP contribution in [-0.4, -0.2) is 51.1 Å². The summed E-state index contributed by atoms with van der Waals surface area (Å²) in [5.74, 6) is 1.66. The van der Waals surface area contributed by atoms with Gasteiger partial charge in [0.25, 0.3) is 0 Å². The highest BCUT2D eigenvalue weighted by atomic mass is 16.2. The van der Waals surface area contributed by atoms with E-state index in [0.717, 1.165) is 31.0 Å². The Morgan fingerprint density at radius 1 is 1.36 bits per heavy atom. The number of carbonyl (C=O) groups excluding carboxylic acids is 2. The Morgan fingerprint density at radius 3 is 2.77 bits per heavy atom. The molecule has 0 saturated carbocycles. The van der Waals surface area contributed by atoms with Gasteiger partial charge in [0.2, 0.25) is 11.8 Å². The van der Waals surface area contributed by atoms with Gasteiger partial charge >= 0.3 is 0 Å². The first-order valence-corrected chi connectivity index (χ1v) is 7.94. The summed E-state index contributed by atoms with van der Waals surface area (Å²) in [6, 6.07) is 0. The molecule has 0 aromatic carbocycles. The Balaban J connectivity index is 1.79. The smallest absolute Gasteiger partial charge is 0.224 e. The predicted octanol–water partition coefficient (Wildman–Crippen LogP) is 0.660. The van der Waals surface area contributed by atoms with Gasteiger partial charge in [-0.05, 0) is 26.7 Å². The van der Waals surface area contributed by atoms with Gasteiger partial charge < -0.3 is 10.2 Å².